The van der Waals surface area contributed by atoms with Crippen molar-refractivity contribution in [2.75, 3.05) is 6.54 Å². The average Bonchev–Trinajstić information content (AvgIpc) is 3.27. The lowest BCUT2D eigenvalue weighted by atomic mass is 9.98. The second-order valence-corrected chi connectivity index (χ2v) is 8.34. The predicted octanol–water partition coefficient (Wildman–Crippen LogP) is 4.95. The van der Waals surface area contributed by atoms with Gasteiger partial charge >= 0.3 is 0 Å². The lowest BCUT2D eigenvalue weighted by Gasteiger charge is -2.16. The van der Waals surface area contributed by atoms with E-state index in [0.717, 1.165) is 46.1 Å². The molecule has 0 unspecified atom stereocenters. The molecule has 164 valence electrons. The molecule has 1 N–H and O–H groups in total. The molecule has 1 aliphatic heterocycles. The quantitative estimate of drug-likeness (QED) is 0.466. The average molecular weight is 436 g/mol. The van der Waals surface area contributed by atoms with Gasteiger partial charge in [-0.05, 0) is 40.8 Å². The van der Waals surface area contributed by atoms with Crippen LogP contribution < -0.4 is 5.32 Å². The van der Waals surface area contributed by atoms with Crippen LogP contribution in [0.1, 0.15) is 34.5 Å². The molecule has 5 rings (SSSR count). The third kappa shape index (κ3) is 4.62. The van der Waals surface area contributed by atoms with Gasteiger partial charge in [-0.1, -0.05) is 72.8 Å². The molecule has 0 aliphatic carbocycles. The first kappa shape index (κ1) is 20.9. The van der Waals surface area contributed by atoms with E-state index in [1.165, 1.54) is 0 Å². The molecule has 5 nitrogen and oxygen atoms in total. The largest absolute Gasteiger partial charge is 0.347 e. The molecule has 1 aliphatic rings. The summed E-state index contributed by atoms with van der Waals surface area (Å²) >= 11 is 0. The van der Waals surface area contributed by atoms with Gasteiger partial charge in [0.1, 0.15) is 5.69 Å². The molecule has 3 aromatic carbocycles. The van der Waals surface area contributed by atoms with Crippen LogP contribution in [0.4, 0.5) is 0 Å². The van der Waals surface area contributed by atoms with Crippen molar-refractivity contribution in [3.8, 4) is 11.1 Å². The van der Waals surface area contributed by atoms with Crippen molar-refractivity contribution in [2.24, 2.45) is 0 Å². The third-order valence-corrected chi connectivity index (χ3v) is 6.10. The molecule has 1 fully saturated rings. The highest BCUT2D eigenvalue weighted by molar-refractivity contribution is 5.95. The minimum Gasteiger partial charge on any atom is -0.347 e. The van der Waals surface area contributed by atoms with E-state index in [2.05, 4.69) is 40.6 Å². The lowest BCUT2D eigenvalue weighted by Crippen LogP contribution is -2.24. The first-order valence-electron chi connectivity index (χ1n) is 11.3. The van der Waals surface area contributed by atoms with E-state index in [4.69, 9.17) is 0 Å². The zero-order valence-electron chi connectivity index (χ0n) is 18.3. The molecule has 4 aromatic rings. The molecule has 1 saturated heterocycles. The van der Waals surface area contributed by atoms with Crippen molar-refractivity contribution in [2.45, 2.75) is 25.9 Å². The van der Waals surface area contributed by atoms with Gasteiger partial charge in [0, 0.05) is 31.4 Å². The highest BCUT2D eigenvalue weighted by Gasteiger charge is 2.20. The first-order chi connectivity index (χ1) is 16.2. The Kier molecular flexibility index (Phi) is 5.85. The summed E-state index contributed by atoms with van der Waals surface area (Å²) in [6.45, 7) is 1.91. The topological polar surface area (TPSA) is 62.3 Å². The fourth-order valence-corrected chi connectivity index (χ4v) is 4.30. The summed E-state index contributed by atoms with van der Waals surface area (Å²) in [5, 5.41) is 4.02. The standard InChI is InChI=1S/C28H25N3O2/c32-27-10-5-17-31(27)19-20-11-13-21(14-12-20)24-8-3-1-7-23(24)18-29-28(33)26-16-15-22-6-2-4-9-25(22)30-26/h1-4,6-9,11-16H,5,10,17-19H2,(H,29,33). The Hall–Kier alpha value is -3.99. The highest BCUT2D eigenvalue weighted by Crippen LogP contribution is 2.25. The smallest absolute Gasteiger partial charge is 0.270 e. The van der Waals surface area contributed by atoms with Crippen molar-refractivity contribution in [3.63, 3.8) is 0 Å². The van der Waals surface area contributed by atoms with E-state index in [9.17, 15) is 9.59 Å². The number of likely N-dealkylation sites (tertiary alicyclic amines) is 1. The van der Waals surface area contributed by atoms with Gasteiger partial charge < -0.3 is 10.2 Å². The van der Waals surface area contributed by atoms with Crippen LogP contribution in [0.15, 0.2) is 84.9 Å². The number of para-hydroxylation sites is 1. The molecule has 0 bridgehead atoms. The summed E-state index contributed by atoms with van der Waals surface area (Å²) in [5.74, 6) is 0.0438. The van der Waals surface area contributed by atoms with Gasteiger partial charge in [-0.3, -0.25) is 9.59 Å². The van der Waals surface area contributed by atoms with Gasteiger partial charge in [0.05, 0.1) is 5.52 Å². The number of nitrogens with one attached hydrogen (secondary N) is 1. The SMILES string of the molecule is O=C(NCc1ccccc1-c1ccc(CN2CCCC2=O)cc1)c1ccc2ccccc2n1. The van der Waals surface area contributed by atoms with Crippen LogP contribution in [0, 0.1) is 0 Å². The van der Waals surface area contributed by atoms with E-state index in [0.29, 0.717) is 25.2 Å². The zero-order valence-corrected chi connectivity index (χ0v) is 18.3. The van der Waals surface area contributed by atoms with Gasteiger partial charge in [-0.15, -0.1) is 0 Å². The summed E-state index contributed by atoms with van der Waals surface area (Å²) in [5.41, 5.74) is 5.54. The summed E-state index contributed by atoms with van der Waals surface area (Å²) < 4.78 is 0. The molecule has 0 spiro atoms. The van der Waals surface area contributed by atoms with Gasteiger partial charge in [0.15, 0.2) is 0 Å². The molecule has 5 heteroatoms. The number of aromatic nitrogens is 1. The Labute approximate surface area is 193 Å². The molecule has 2 amide bonds. The van der Waals surface area contributed by atoms with Crippen LogP contribution in [0.5, 0.6) is 0 Å². The molecule has 2 heterocycles. The summed E-state index contributed by atoms with van der Waals surface area (Å²) in [7, 11) is 0. The van der Waals surface area contributed by atoms with E-state index in [1.54, 1.807) is 6.07 Å². The maximum absolute atomic E-state index is 12.7. The number of rotatable bonds is 6. The molecule has 0 atom stereocenters. The van der Waals surface area contributed by atoms with Crippen LogP contribution >= 0.6 is 0 Å². The number of nitrogens with zero attached hydrogens (tertiary/aromatic N) is 2. The van der Waals surface area contributed by atoms with Crippen LogP contribution in [0.2, 0.25) is 0 Å². The zero-order chi connectivity index (χ0) is 22.6. The van der Waals surface area contributed by atoms with E-state index in [-0.39, 0.29) is 11.8 Å². The maximum Gasteiger partial charge on any atom is 0.270 e. The first-order valence-corrected chi connectivity index (χ1v) is 11.3. The van der Waals surface area contributed by atoms with E-state index < -0.39 is 0 Å². The second-order valence-electron chi connectivity index (χ2n) is 8.34. The Morgan fingerprint density at radius 3 is 2.52 bits per heavy atom. The van der Waals surface area contributed by atoms with Gasteiger partial charge in [0.25, 0.3) is 5.91 Å². The number of fused-ring (bicyclic) bond motifs is 1. The van der Waals surface area contributed by atoms with Crippen LogP contribution in [0.25, 0.3) is 22.0 Å². The number of pyridine rings is 1. The third-order valence-electron chi connectivity index (χ3n) is 6.10. The Morgan fingerprint density at radius 2 is 1.70 bits per heavy atom. The van der Waals surface area contributed by atoms with E-state index in [1.807, 2.05) is 53.4 Å². The van der Waals surface area contributed by atoms with Crippen LogP contribution in [0.3, 0.4) is 0 Å². The van der Waals surface area contributed by atoms with Crippen LogP contribution in [-0.2, 0) is 17.9 Å². The minimum atomic E-state index is -0.193. The molecular weight excluding hydrogens is 410 g/mol. The Morgan fingerprint density at radius 1 is 0.909 bits per heavy atom. The second kappa shape index (κ2) is 9.25. The number of carbonyl (C=O) groups excluding carboxylic acids is 2. The van der Waals surface area contributed by atoms with Crippen molar-refractivity contribution in [1.29, 1.82) is 0 Å². The Bertz CT molecular complexity index is 1310. The highest BCUT2D eigenvalue weighted by atomic mass is 16.2. The van der Waals surface area contributed by atoms with Gasteiger partial charge in [-0.25, -0.2) is 4.98 Å². The molecular formula is C28H25N3O2. The van der Waals surface area contributed by atoms with Gasteiger partial charge in [0.2, 0.25) is 5.91 Å². The van der Waals surface area contributed by atoms with E-state index >= 15 is 0 Å². The fourth-order valence-electron chi connectivity index (χ4n) is 4.30. The minimum absolute atomic E-state index is 0.193. The predicted molar refractivity (Wildman–Crippen MR) is 129 cm³/mol. The normalized spacial score (nSPS) is 13.5. The number of carbonyl (C=O) groups is 2. The van der Waals surface area contributed by atoms with Crippen molar-refractivity contribution < 1.29 is 9.59 Å². The Balaban J connectivity index is 1.29. The molecule has 0 radical (unpaired) electrons. The summed E-state index contributed by atoms with van der Waals surface area (Å²) in [4.78, 5) is 31.0. The number of amides is 2. The molecule has 1 aromatic heterocycles. The van der Waals surface area contributed by atoms with Crippen molar-refractivity contribution in [1.82, 2.24) is 15.2 Å². The number of hydrogen-bond donors (Lipinski definition) is 1. The van der Waals surface area contributed by atoms with Gasteiger partial charge in [-0.2, -0.15) is 0 Å². The summed E-state index contributed by atoms with van der Waals surface area (Å²) in [6.07, 6.45) is 1.61. The molecule has 0 saturated carbocycles. The lowest BCUT2D eigenvalue weighted by molar-refractivity contribution is -0.128. The maximum atomic E-state index is 12.7. The van der Waals surface area contributed by atoms with Crippen LogP contribution in [-0.4, -0.2) is 28.2 Å². The molecule has 33 heavy (non-hydrogen) atoms. The van der Waals surface area contributed by atoms with Crippen molar-refractivity contribution >= 4 is 22.7 Å². The summed E-state index contributed by atoms with van der Waals surface area (Å²) in [6, 6.07) is 27.8. The number of hydrogen-bond acceptors (Lipinski definition) is 3. The number of benzene rings is 3. The van der Waals surface area contributed by atoms with Crippen molar-refractivity contribution in [3.05, 3.63) is 102 Å². The fraction of sp³-hybridized carbons (Fsp3) is 0.179. The monoisotopic (exact) mass is 435 g/mol.